The van der Waals surface area contributed by atoms with Crippen molar-refractivity contribution in [2.75, 3.05) is 13.2 Å². The van der Waals surface area contributed by atoms with Gasteiger partial charge < -0.3 is 4.74 Å². The maximum absolute atomic E-state index is 13.2. The number of ether oxygens (including phenoxy) is 1. The number of carbonyl (C=O) groups excluding carboxylic acids is 1. The van der Waals surface area contributed by atoms with Gasteiger partial charge in [-0.2, -0.15) is 0 Å². The van der Waals surface area contributed by atoms with Crippen LogP contribution in [0.5, 0.6) is 0 Å². The summed E-state index contributed by atoms with van der Waals surface area (Å²) in [6.45, 7) is 5.21. The molecule has 1 saturated heterocycles. The Morgan fingerprint density at radius 3 is 2.54 bits per heavy atom. The van der Waals surface area contributed by atoms with Crippen LogP contribution in [0.2, 0.25) is 0 Å². The van der Waals surface area contributed by atoms with Crippen molar-refractivity contribution in [3.63, 3.8) is 0 Å². The molecule has 26 heavy (non-hydrogen) atoms. The molecule has 1 aliphatic rings. The number of benzene rings is 2. The summed E-state index contributed by atoms with van der Waals surface area (Å²) in [5.74, 6) is -0.216. The fourth-order valence-electron chi connectivity index (χ4n) is 3.93. The van der Waals surface area contributed by atoms with E-state index in [1.54, 1.807) is 12.1 Å². The summed E-state index contributed by atoms with van der Waals surface area (Å²) in [6, 6.07) is 16.7. The van der Waals surface area contributed by atoms with Crippen molar-refractivity contribution in [3.8, 4) is 0 Å². The lowest BCUT2D eigenvalue weighted by Crippen LogP contribution is -2.42. The number of rotatable bonds is 6. The molecule has 1 fully saturated rings. The lowest BCUT2D eigenvalue weighted by Gasteiger charge is -2.31. The number of likely N-dealkylation sites (tertiary alicyclic amines) is 1. The molecule has 2 aromatic carbocycles. The minimum atomic E-state index is -0.268. The predicted molar refractivity (Wildman–Crippen MR) is 100 cm³/mol. The largest absolute Gasteiger partial charge is 0.465 e. The summed E-state index contributed by atoms with van der Waals surface area (Å²) in [5, 5.41) is 0. The highest BCUT2D eigenvalue weighted by atomic mass is 19.1. The van der Waals surface area contributed by atoms with Crippen molar-refractivity contribution in [1.82, 2.24) is 4.90 Å². The van der Waals surface area contributed by atoms with E-state index < -0.39 is 0 Å². The first kappa shape index (κ1) is 18.6. The monoisotopic (exact) mass is 355 g/mol. The molecule has 0 unspecified atom stereocenters. The van der Waals surface area contributed by atoms with Crippen molar-refractivity contribution in [2.24, 2.45) is 5.92 Å². The molecule has 0 saturated carbocycles. The standard InChI is InChI=1S/C22H26FNO2/c1-3-26-22(25)21-19(15-17-9-11-20(23)12-10-17)13-14-24(21)16(2)18-7-5-4-6-8-18/h4-12,16,19,21H,3,13-15H2,1-2H3/t16-,19-,21-/m1/s1. The van der Waals surface area contributed by atoms with Gasteiger partial charge in [-0.05, 0) is 62.4 Å². The number of hydrogen-bond acceptors (Lipinski definition) is 3. The highest BCUT2D eigenvalue weighted by molar-refractivity contribution is 5.76. The Morgan fingerprint density at radius 1 is 1.19 bits per heavy atom. The third-order valence-electron chi connectivity index (χ3n) is 5.28. The van der Waals surface area contributed by atoms with Gasteiger partial charge in [0.25, 0.3) is 0 Å². The van der Waals surface area contributed by atoms with Crippen molar-refractivity contribution in [2.45, 2.75) is 38.8 Å². The molecule has 0 N–H and O–H groups in total. The summed E-state index contributed by atoms with van der Waals surface area (Å²) >= 11 is 0. The van der Waals surface area contributed by atoms with Crippen LogP contribution >= 0.6 is 0 Å². The van der Waals surface area contributed by atoms with E-state index in [0.717, 1.165) is 24.9 Å². The highest BCUT2D eigenvalue weighted by Crippen LogP contribution is 2.35. The molecule has 3 rings (SSSR count). The Balaban J connectivity index is 1.81. The molecule has 0 aliphatic carbocycles. The quantitative estimate of drug-likeness (QED) is 0.720. The Hall–Kier alpha value is -2.20. The van der Waals surface area contributed by atoms with E-state index in [4.69, 9.17) is 4.74 Å². The third-order valence-corrected chi connectivity index (χ3v) is 5.28. The van der Waals surface area contributed by atoms with Gasteiger partial charge >= 0.3 is 5.97 Å². The van der Waals surface area contributed by atoms with Gasteiger partial charge in [0, 0.05) is 6.04 Å². The Kier molecular flexibility index (Phi) is 6.04. The van der Waals surface area contributed by atoms with Crippen LogP contribution < -0.4 is 0 Å². The van der Waals surface area contributed by atoms with Crippen LogP contribution in [0.1, 0.15) is 37.4 Å². The van der Waals surface area contributed by atoms with Crippen LogP contribution in [0, 0.1) is 11.7 Å². The fraction of sp³-hybridized carbons (Fsp3) is 0.409. The molecule has 3 nitrogen and oxygen atoms in total. The van der Waals surface area contributed by atoms with Gasteiger partial charge in [0.15, 0.2) is 0 Å². The number of hydrogen-bond donors (Lipinski definition) is 0. The number of esters is 1. The highest BCUT2D eigenvalue weighted by Gasteiger charge is 2.42. The third kappa shape index (κ3) is 4.13. The SMILES string of the molecule is CCOC(=O)[C@H]1[C@@H](Cc2ccc(F)cc2)CCN1[C@H](C)c1ccccc1. The lowest BCUT2D eigenvalue weighted by atomic mass is 9.92. The first-order chi connectivity index (χ1) is 12.6. The van der Waals surface area contributed by atoms with Gasteiger partial charge in [0.1, 0.15) is 11.9 Å². The molecular formula is C22H26FNO2. The van der Waals surface area contributed by atoms with Gasteiger partial charge in [0.05, 0.1) is 6.61 Å². The average molecular weight is 355 g/mol. The van der Waals surface area contributed by atoms with E-state index in [0.29, 0.717) is 6.61 Å². The number of nitrogens with zero attached hydrogens (tertiary/aromatic N) is 1. The molecule has 0 amide bonds. The molecule has 0 radical (unpaired) electrons. The van der Waals surface area contributed by atoms with Crippen molar-refractivity contribution in [1.29, 1.82) is 0 Å². The number of carbonyl (C=O) groups is 1. The summed E-state index contributed by atoms with van der Waals surface area (Å²) in [5.41, 5.74) is 2.25. The van der Waals surface area contributed by atoms with E-state index in [2.05, 4.69) is 24.0 Å². The first-order valence-electron chi connectivity index (χ1n) is 9.32. The Morgan fingerprint density at radius 2 is 1.88 bits per heavy atom. The zero-order chi connectivity index (χ0) is 18.5. The van der Waals surface area contributed by atoms with Crippen LogP contribution in [-0.2, 0) is 16.0 Å². The predicted octanol–water partition coefficient (Wildman–Crippen LogP) is 4.38. The second kappa shape index (κ2) is 8.45. The van der Waals surface area contributed by atoms with Gasteiger partial charge in [0.2, 0.25) is 0 Å². The minimum Gasteiger partial charge on any atom is -0.465 e. The van der Waals surface area contributed by atoms with E-state index in [1.165, 1.54) is 17.7 Å². The van der Waals surface area contributed by atoms with Crippen LogP contribution in [0.25, 0.3) is 0 Å². The maximum Gasteiger partial charge on any atom is 0.323 e. The number of halogens is 1. The molecule has 1 heterocycles. The van der Waals surface area contributed by atoms with E-state index in [1.807, 2.05) is 25.1 Å². The molecular weight excluding hydrogens is 329 g/mol. The fourth-order valence-corrected chi connectivity index (χ4v) is 3.93. The molecule has 1 aliphatic heterocycles. The summed E-state index contributed by atoms with van der Waals surface area (Å²) in [6.07, 6.45) is 1.68. The maximum atomic E-state index is 13.2. The van der Waals surface area contributed by atoms with Crippen molar-refractivity contribution < 1.29 is 13.9 Å². The van der Waals surface area contributed by atoms with Gasteiger partial charge in [-0.1, -0.05) is 42.5 Å². The summed E-state index contributed by atoms with van der Waals surface area (Å²) in [7, 11) is 0. The molecule has 138 valence electrons. The minimum absolute atomic E-state index is 0.142. The zero-order valence-corrected chi connectivity index (χ0v) is 15.4. The Bertz CT molecular complexity index is 717. The molecule has 3 atom stereocenters. The second-order valence-electron chi connectivity index (χ2n) is 6.90. The van der Waals surface area contributed by atoms with Gasteiger partial charge in [-0.25, -0.2) is 4.39 Å². The molecule has 0 aromatic heterocycles. The first-order valence-corrected chi connectivity index (χ1v) is 9.32. The van der Waals surface area contributed by atoms with E-state index >= 15 is 0 Å². The van der Waals surface area contributed by atoms with E-state index in [-0.39, 0.29) is 29.8 Å². The summed E-state index contributed by atoms with van der Waals surface area (Å²) in [4.78, 5) is 15.0. The van der Waals surface area contributed by atoms with Crippen LogP contribution in [0.4, 0.5) is 4.39 Å². The van der Waals surface area contributed by atoms with Crippen molar-refractivity contribution in [3.05, 3.63) is 71.5 Å². The van der Waals surface area contributed by atoms with Crippen LogP contribution in [0.15, 0.2) is 54.6 Å². The normalized spacial score (nSPS) is 21.5. The van der Waals surface area contributed by atoms with Crippen LogP contribution in [0.3, 0.4) is 0 Å². The average Bonchev–Trinajstić information content (AvgIpc) is 3.07. The van der Waals surface area contributed by atoms with E-state index in [9.17, 15) is 9.18 Å². The summed E-state index contributed by atoms with van der Waals surface area (Å²) < 4.78 is 18.6. The van der Waals surface area contributed by atoms with Crippen LogP contribution in [-0.4, -0.2) is 30.1 Å². The smallest absolute Gasteiger partial charge is 0.323 e. The van der Waals surface area contributed by atoms with Gasteiger partial charge in [-0.15, -0.1) is 0 Å². The zero-order valence-electron chi connectivity index (χ0n) is 15.4. The molecule has 0 spiro atoms. The Labute approximate surface area is 154 Å². The second-order valence-corrected chi connectivity index (χ2v) is 6.90. The van der Waals surface area contributed by atoms with Gasteiger partial charge in [-0.3, -0.25) is 9.69 Å². The lowest BCUT2D eigenvalue weighted by molar-refractivity contribution is -0.150. The molecule has 2 aromatic rings. The van der Waals surface area contributed by atoms with Crippen molar-refractivity contribution >= 4 is 5.97 Å². The molecule has 4 heteroatoms. The molecule has 0 bridgehead atoms. The topological polar surface area (TPSA) is 29.5 Å².